The van der Waals surface area contributed by atoms with Crippen molar-refractivity contribution in [3.05, 3.63) is 93.2 Å². The van der Waals surface area contributed by atoms with Crippen LogP contribution in [0.25, 0.3) is 6.08 Å². The fourth-order valence-corrected chi connectivity index (χ4v) is 4.32. The number of carbonyl (C=O) groups excluding carboxylic acids is 2. The smallest absolute Gasteiger partial charge is 0.337 e. The van der Waals surface area contributed by atoms with Gasteiger partial charge in [0.1, 0.15) is 11.5 Å². The summed E-state index contributed by atoms with van der Waals surface area (Å²) in [6, 6.07) is 15.7. The van der Waals surface area contributed by atoms with Gasteiger partial charge in [-0.2, -0.15) is 0 Å². The van der Waals surface area contributed by atoms with Crippen molar-refractivity contribution in [2.75, 3.05) is 7.11 Å². The summed E-state index contributed by atoms with van der Waals surface area (Å²) in [5.41, 5.74) is 1.48. The number of aliphatic imine (C=N–C) groups is 1. The normalized spacial score (nSPS) is 18.1. The second-order valence-electron chi connectivity index (χ2n) is 9.25. The molecule has 1 heterocycles. The molecule has 188 valence electrons. The van der Waals surface area contributed by atoms with Crippen molar-refractivity contribution in [1.82, 2.24) is 0 Å². The van der Waals surface area contributed by atoms with Crippen LogP contribution in [0.1, 0.15) is 51.2 Å². The van der Waals surface area contributed by atoms with Crippen molar-refractivity contribution < 1.29 is 24.0 Å². The molecule has 0 saturated heterocycles. The highest BCUT2D eigenvalue weighted by atomic mass is 16.6. The van der Waals surface area contributed by atoms with Crippen LogP contribution in [0.5, 0.6) is 0 Å². The van der Waals surface area contributed by atoms with E-state index in [0.29, 0.717) is 23.4 Å². The van der Waals surface area contributed by atoms with Gasteiger partial charge in [0.05, 0.1) is 17.6 Å². The van der Waals surface area contributed by atoms with E-state index in [9.17, 15) is 19.7 Å². The van der Waals surface area contributed by atoms with Gasteiger partial charge in [0.25, 0.3) is 5.69 Å². The minimum absolute atomic E-state index is 0.145. The second-order valence-corrected chi connectivity index (χ2v) is 9.25. The number of benzene rings is 2. The first-order valence-corrected chi connectivity index (χ1v) is 11.6. The first-order valence-electron chi connectivity index (χ1n) is 11.6. The van der Waals surface area contributed by atoms with Crippen LogP contribution in [-0.2, 0) is 19.1 Å². The monoisotopic (exact) mass is 490 g/mol. The first-order chi connectivity index (χ1) is 17.0. The fourth-order valence-electron chi connectivity index (χ4n) is 4.32. The van der Waals surface area contributed by atoms with Crippen molar-refractivity contribution in [3.63, 3.8) is 0 Å². The molecule has 0 aliphatic carbocycles. The maximum atomic E-state index is 13.6. The Hall–Kier alpha value is -4.07. The van der Waals surface area contributed by atoms with Crippen molar-refractivity contribution in [1.29, 1.82) is 0 Å². The summed E-state index contributed by atoms with van der Waals surface area (Å²) < 4.78 is 10.9. The van der Waals surface area contributed by atoms with E-state index in [1.54, 1.807) is 33.8 Å². The molecule has 2 atom stereocenters. The number of esters is 2. The summed E-state index contributed by atoms with van der Waals surface area (Å²) in [6.45, 7) is 6.94. The van der Waals surface area contributed by atoms with Gasteiger partial charge in [0.2, 0.25) is 0 Å². The van der Waals surface area contributed by atoms with Crippen molar-refractivity contribution >= 4 is 29.4 Å². The van der Waals surface area contributed by atoms with Crippen LogP contribution >= 0.6 is 0 Å². The van der Waals surface area contributed by atoms with Crippen LogP contribution < -0.4 is 0 Å². The lowest BCUT2D eigenvalue weighted by atomic mass is 9.75. The number of hydrogen-bond donors (Lipinski definition) is 0. The van der Waals surface area contributed by atoms with E-state index in [0.717, 1.165) is 5.56 Å². The van der Waals surface area contributed by atoms with Crippen LogP contribution in [-0.4, -0.2) is 35.3 Å². The summed E-state index contributed by atoms with van der Waals surface area (Å²) in [4.78, 5) is 41.7. The highest BCUT2D eigenvalue weighted by Gasteiger charge is 2.43. The maximum Gasteiger partial charge on any atom is 0.337 e. The number of nitro benzene ring substituents is 1. The predicted octanol–water partition coefficient (Wildman–Crippen LogP) is 5.64. The molecule has 8 nitrogen and oxygen atoms in total. The number of carbonyl (C=O) groups is 2. The second kappa shape index (κ2) is 11.1. The van der Waals surface area contributed by atoms with E-state index in [-0.39, 0.29) is 11.3 Å². The fraction of sp³-hybridized carbons (Fsp3) is 0.321. The molecule has 1 aliphatic rings. The summed E-state index contributed by atoms with van der Waals surface area (Å²) in [6.07, 6.45) is 4.33. The highest BCUT2D eigenvalue weighted by molar-refractivity contribution is 6.07. The summed E-state index contributed by atoms with van der Waals surface area (Å²) in [5, 5.41) is 11.4. The Labute approximate surface area is 210 Å². The molecule has 0 aromatic heterocycles. The Balaban J connectivity index is 1.96. The minimum Gasteiger partial charge on any atom is -0.468 e. The molecule has 2 unspecified atom stereocenters. The van der Waals surface area contributed by atoms with E-state index in [1.165, 1.54) is 25.3 Å². The summed E-state index contributed by atoms with van der Waals surface area (Å²) in [7, 11) is 1.26. The molecule has 1 aliphatic heterocycles. The van der Waals surface area contributed by atoms with Crippen molar-refractivity contribution in [3.8, 4) is 0 Å². The Bertz CT molecular complexity index is 1240. The molecular weight excluding hydrogens is 460 g/mol. The van der Waals surface area contributed by atoms with E-state index >= 15 is 0 Å². The number of nitrogens with zero attached hydrogens (tertiary/aromatic N) is 2. The predicted molar refractivity (Wildman–Crippen MR) is 137 cm³/mol. The van der Waals surface area contributed by atoms with Gasteiger partial charge in [-0.1, -0.05) is 54.6 Å². The molecule has 3 rings (SSSR count). The van der Waals surface area contributed by atoms with Crippen LogP contribution in [0.4, 0.5) is 5.69 Å². The third-order valence-corrected chi connectivity index (χ3v) is 6.03. The molecule has 0 fully saturated rings. The number of hydrogen-bond acceptors (Lipinski definition) is 7. The first kappa shape index (κ1) is 26.5. The van der Waals surface area contributed by atoms with Crippen LogP contribution in [0.15, 0.2) is 76.9 Å². The lowest BCUT2D eigenvalue weighted by Gasteiger charge is -2.33. The molecule has 2 aromatic rings. The van der Waals surface area contributed by atoms with E-state index in [1.807, 2.05) is 42.5 Å². The van der Waals surface area contributed by atoms with Gasteiger partial charge in [-0.25, -0.2) is 4.79 Å². The van der Waals surface area contributed by atoms with Gasteiger partial charge in [-0.05, 0) is 38.8 Å². The summed E-state index contributed by atoms with van der Waals surface area (Å²) >= 11 is 0. The van der Waals surface area contributed by atoms with Crippen LogP contribution in [0, 0.1) is 16.0 Å². The minimum atomic E-state index is -0.927. The summed E-state index contributed by atoms with van der Waals surface area (Å²) in [5.74, 6) is -3.00. The molecule has 36 heavy (non-hydrogen) atoms. The zero-order valence-corrected chi connectivity index (χ0v) is 21.1. The average Bonchev–Trinajstić information content (AvgIpc) is 2.83. The quantitative estimate of drug-likeness (QED) is 0.269. The Kier molecular flexibility index (Phi) is 8.19. The molecule has 2 aromatic carbocycles. The Morgan fingerprint density at radius 1 is 1.11 bits per heavy atom. The number of non-ortho nitro benzene ring substituents is 1. The standard InChI is InChI=1S/C28H30N2O6/c1-18-23(26(31)35-5)25(21-14-9-15-22(17-21)30(33)34)24(19(2)29-18)27(32)36-28(3,4)16-10-13-20-11-7-6-8-12-20/h6-15,17,23,25H,16H2,1-5H3. The number of nitro groups is 1. The van der Waals surface area contributed by atoms with E-state index < -0.39 is 34.3 Å². The Morgan fingerprint density at radius 3 is 2.44 bits per heavy atom. The van der Waals surface area contributed by atoms with Gasteiger partial charge >= 0.3 is 11.9 Å². The average molecular weight is 491 g/mol. The largest absolute Gasteiger partial charge is 0.468 e. The zero-order chi connectivity index (χ0) is 26.5. The molecule has 0 saturated carbocycles. The molecule has 8 heteroatoms. The number of ether oxygens (including phenoxy) is 2. The molecule has 0 N–H and O–H groups in total. The third kappa shape index (κ3) is 6.13. The topological polar surface area (TPSA) is 108 Å². The lowest BCUT2D eigenvalue weighted by molar-refractivity contribution is -0.384. The molecule has 0 bridgehead atoms. The molecule has 0 radical (unpaired) electrons. The van der Waals surface area contributed by atoms with Crippen LogP contribution in [0.2, 0.25) is 0 Å². The Morgan fingerprint density at radius 2 is 1.81 bits per heavy atom. The van der Waals surface area contributed by atoms with Gasteiger partial charge in [-0.3, -0.25) is 19.9 Å². The van der Waals surface area contributed by atoms with Crippen molar-refractivity contribution in [2.24, 2.45) is 10.9 Å². The van der Waals surface area contributed by atoms with Crippen LogP contribution in [0.3, 0.4) is 0 Å². The van der Waals surface area contributed by atoms with Crippen molar-refractivity contribution in [2.45, 2.75) is 45.6 Å². The SMILES string of the molecule is COC(=O)C1C(C)=NC(C)=C(C(=O)OC(C)(C)CC=Cc2ccccc2)C1c1cccc([N+](=O)[O-])c1. The van der Waals surface area contributed by atoms with Gasteiger partial charge < -0.3 is 9.47 Å². The van der Waals surface area contributed by atoms with Gasteiger partial charge in [-0.15, -0.1) is 0 Å². The van der Waals surface area contributed by atoms with E-state index in [2.05, 4.69) is 4.99 Å². The third-order valence-electron chi connectivity index (χ3n) is 6.03. The number of allylic oxidation sites excluding steroid dienone is 1. The lowest BCUT2D eigenvalue weighted by Crippen LogP contribution is -2.38. The van der Waals surface area contributed by atoms with Gasteiger partial charge in [0.15, 0.2) is 0 Å². The highest BCUT2D eigenvalue weighted by Crippen LogP contribution is 2.41. The molecule has 0 spiro atoms. The number of methoxy groups -OCH3 is 1. The number of rotatable bonds is 8. The zero-order valence-electron chi connectivity index (χ0n) is 21.1. The molecular formula is C28H30N2O6. The maximum absolute atomic E-state index is 13.6. The van der Waals surface area contributed by atoms with Gasteiger partial charge in [0, 0.05) is 35.9 Å². The van der Waals surface area contributed by atoms with E-state index in [4.69, 9.17) is 9.47 Å². The molecule has 0 amide bonds.